The van der Waals surface area contributed by atoms with E-state index in [-0.39, 0.29) is 11.6 Å². The lowest BCUT2D eigenvalue weighted by Gasteiger charge is -2.13. The van der Waals surface area contributed by atoms with Crippen molar-refractivity contribution >= 4 is 0 Å². The van der Waals surface area contributed by atoms with Gasteiger partial charge in [-0.25, -0.2) is 0 Å². The molecule has 1 rings (SSSR count). The Labute approximate surface area is 98.4 Å². The zero-order valence-corrected chi connectivity index (χ0v) is 8.69. The van der Waals surface area contributed by atoms with E-state index in [2.05, 4.69) is 4.74 Å². The Morgan fingerprint density at radius 2 is 1.39 bits per heavy atom. The smallest absolute Gasteiger partial charge is 0.416 e. The summed E-state index contributed by atoms with van der Waals surface area (Å²) in [6.07, 6.45) is -3.36. The molecule has 0 aliphatic rings. The molecule has 1 nitrogen and oxygen atoms in total. The number of ether oxygens (including phenoxy) is 1. The first-order chi connectivity index (χ1) is 8.14. The third kappa shape index (κ3) is 3.58. The largest absolute Gasteiger partial charge is 0.442 e. The monoisotopic (exact) mass is 268 g/mol. The fourth-order valence-corrected chi connectivity index (χ4v) is 1.23. The summed E-state index contributed by atoms with van der Waals surface area (Å²) in [4.78, 5) is 0. The van der Waals surface area contributed by atoms with E-state index in [1.54, 1.807) is 6.11 Å². The van der Waals surface area contributed by atoms with Gasteiger partial charge in [0, 0.05) is 0 Å². The molecule has 7 heteroatoms. The SMILES string of the molecule is C#COCc1cc(C(F)(F)F)cc(C(F)(F)F)c1. The summed E-state index contributed by atoms with van der Waals surface area (Å²) < 4.78 is 78.8. The molecular weight excluding hydrogens is 262 g/mol. The second-order valence-electron chi connectivity index (χ2n) is 3.32. The third-order valence-corrected chi connectivity index (χ3v) is 1.97. The summed E-state index contributed by atoms with van der Waals surface area (Å²) in [6.45, 7) is -0.524. The Bertz CT molecular complexity index is 434. The number of hydrogen-bond acceptors (Lipinski definition) is 1. The van der Waals surface area contributed by atoms with Crippen LogP contribution in [0.2, 0.25) is 0 Å². The standard InChI is InChI=1S/C11H6F6O/c1-2-18-6-7-3-8(10(12,13)14)5-9(4-7)11(15,16)17/h1,3-5H,6H2. The van der Waals surface area contributed by atoms with Crippen LogP contribution in [-0.2, 0) is 23.7 Å². The summed E-state index contributed by atoms with van der Waals surface area (Å²) in [5, 5.41) is 0. The Balaban J connectivity index is 3.26. The van der Waals surface area contributed by atoms with Gasteiger partial charge in [0.2, 0.25) is 0 Å². The van der Waals surface area contributed by atoms with Gasteiger partial charge in [0.1, 0.15) is 12.7 Å². The van der Waals surface area contributed by atoms with Gasteiger partial charge in [0.05, 0.1) is 11.1 Å². The predicted molar refractivity (Wildman–Crippen MR) is 50.1 cm³/mol. The highest BCUT2D eigenvalue weighted by Crippen LogP contribution is 2.36. The van der Waals surface area contributed by atoms with Crippen molar-refractivity contribution in [2.75, 3.05) is 0 Å². The molecule has 98 valence electrons. The number of alkyl halides is 6. The van der Waals surface area contributed by atoms with Crippen molar-refractivity contribution in [2.45, 2.75) is 19.0 Å². The van der Waals surface area contributed by atoms with Crippen molar-refractivity contribution in [3.05, 3.63) is 34.9 Å². The zero-order valence-electron chi connectivity index (χ0n) is 8.69. The molecule has 0 bridgehead atoms. The Hall–Kier alpha value is -1.84. The third-order valence-electron chi connectivity index (χ3n) is 1.97. The average Bonchev–Trinajstić information content (AvgIpc) is 2.23. The zero-order chi connectivity index (χ0) is 14.0. The van der Waals surface area contributed by atoms with Crippen molar-refractivity contribution in [3.63, 3.8) is 0 Å². The van der Waals surface area contributed by atoms with Crippen LogP contribution >= 0.6 is 0 Å². The first-order valence-electron chi connectivity index (χ1n) is 4.50. The molecule has 0 fully saturated rings. The minimum atomic E-state index is -4.87. The maximum Gasteiger partial charge on any atom is 0.416 e. The molecule has 1 aromatic carbocycles. The summed E-state index contributed by atoms with van der Waals surface area (Å²) in [5.41, 5.74) is -3.09. The van der Waals surface area contributed by atoms with Crippen molar-refractivity contribution in [2.24, 2.45) is 0 Å². The Morgan fingerprint density at radius 3 is 1.72 bits per heavy atom. The molecule has 0 N–H and O–H groups in total. The molecule has 0 saturated heterocycles. The summed E-state index contributed by atoms with van der Waals surface area (Å²) >= 11 is 0. The van der Waals surface area contributed by atoms with Gasteiger partial charge in [-0.3, -0.25) is 0 Å². The fraction of sp³-hybridized carbons (Fsp3) is 0.273. The Kier molecular flexibility index (Phi) is 3.79. The van der Waals surface area contributed by atoms with Gasteiger partial charge < -0.3 is 4.74 Å². The van der Waals surface area contributed by atoms with Crippen LogP contribution in [0.4, 0.5) is 26.3 Å². The van der Waals surface area contributed by atoms with Crippen molar-refractivity contribution in [1.82, 2.24) is 0 Å². The lowest BCUT2D eigenvalue weighted by atomic mass is 10.1. The van der Waals surface area contributed by atoms with E-state index in [4.69, 9.17) is 6.42 Å². The maximum atomic E-state index is 12.4. The van der Waals surface area contributed by atoms with E-state index in [1.807, 2.05) is 0 Å². The van der Waals surface area contributed by atoms with Crippen LogP contribution < -0.4 is 0 Å². The quantitative estimate of drug-likeness (QED) is 0.585. The van der Waals surface area contributed by atoms with E-state index in [1.165, 1.54) is 0 Å². The lowest BCUT2D eigenvalue weighted by molar-refractivity contribution is -0.143. The molecule has 0 radical (unpaired) electrons. The van der Waals surface area contributed by atoms with Gasteiger partial charge in [-0.15, -0.1) is 0 Å². The second-order valence-corrected chi connectivity index (χ2v) is 3.32. The van der Waals surface area contributed by atoms with E-state index >= 15 is 0 Å². The topological polar surface area (TPSA) is 9.23 Å². The molecule has 1 aromatic rings. The van der Waals surface area contributed by atoms with Gasteiger partial charge >= 0.3 is 12.4 Å². The molecule has 0 aliphatic heterocycles. The minimum absolute atomic E-state index is 0.0410. The van der Waals surface area contributed by atoms with Crippen LogP contribution in [0.3, 0.4) is 0 Å². The van der Waals surface area contributed by atoms with Crippen molar-refractivity contribution in [1.29, 1.82) is 0 Å². The molecule has 0 unspecified atom stereocenters. The summed E-state index contributed by atoms with van der Waals surface area (Å²) in [5.74, 6) is 0. The molecule has 18 heavy (non-hydrogen) atoms. The van der Waals surface area contributed by atoms with Crippen LogP contribution in [0.5, 0.6) is 0 Å². The normalized spacial score (nSPS) is 12.1. The van der Waals surface area contributed by atoms with Gasteiger partial charge in [0.15, 0.2) is 0 Å². The molecule has 0 heterocycles. The number of rotatable bonds is 2. The fourth-order valence-electron chi connectivity index (χ4n) is 1.23. The molecular formula is C11H6F6O. The van der Waals surface area contributed by atoms with Gasteiger partial charge in [-0.1, -0.05) is 6.42 Å². The molecule has 0 atom stereocenters. The van der Waals surface area contributed by atoms with E-state index in [9.17, 15) is 26.3 Å². The van der Waals surface area contributed by atoms with E-state index in [0.29, 0.717) is 12.1 Å². The van der Waals surface area contributed by atoms with Gasteiger partial charge in [0.25, 0.3) is 0 Å². The maximum absolute atomic E-state index is 12.4. The highest BCUT2D eigenvalue weighted by Gasteiger charge is 2.36. The first-order valence-corrected chi connectivity index (χ1v) is 4.50. The van der Waals surface area contributed by atoms with Crippen molar-refractivity contribution < 1.29 is 31.1 Å². The minimum Gasteiger partial charge on any atom is -0.442 e. The lowest BCUT2D eigenvalue weighted by Crippen LogP contribution is -2.12. The number of benzene rings is 1. The van der Waals surface area contributed by atoms with Crippen LogP contribution in [0, 0.1) is 12.5 Å². The average molecular weight is 268 g/mol. The summed E-state index contributed by atoms with van der Waals surface area (Å²) in [6, 6.07) is 1.17. The van der Waals surface area contributed by atoms with Gasteiger partial charge in [-0.05, 0) is 23.8 Å². The first kappa shape index (κ1) is 14.2. The van der Waals surface area contributed by atoms with Crippen LogP contribution in [0.1, 0.15) is 16.7 Å². The molecule has 0 spiro atoms. The predicted octanol–water partition coefficient (Wildman–Crippen LogP) is 3.83. The molecule has 0 saturated carbocycles. The van der Waals surface area contributed by atoms with Crippen LogP contribution in [0.15, 0.2) is 18.2 Å². The Morgan fingerprint density at radius 1 is 0.944 bits per heavy atom. The van der Waals surface area contributed by atoms with Gasteiger partial charge in [-0.2, -0.15) is 26.3 Å². The molecule has 0 aliphatic carbocycles. The van der Waals surface area contributed by atoms with Crippen LogP contribution in [0.25, 0.3) is 0 Å². The number of halogens is 6. The highest BCUT2D eigenvalue weighted by molar-refractivity contribution is 5.33. The highest BCUT2D eigenvalue weighted by atomic mass is 19.4. The second kappa shape index (κ2) is 4.80. The van der Waals surface area contributed by atoms with Crippen LogP contribution in [-0.4, -0.2) is 0 Å². The van der Waals surface area contributed by atoms with E-state index in [0.717, 1.165) is 0 Å². The number of hydrogen-bond donors (Lipinski definition) is 0. The van der Waals surface area contributed by atoms with Crippen molar-refractivity contribution in [3.8, 4) is 12.5 Å². The number of terminal acetylenes is 1. The molecule has 0 amide bonds. The van der Waals surface area contributed by atoms with E-state index < -0.39 is 30.1 Å². The summed E-state index contributed by atoms with van der Waals surface area (Å²) in [7, 11) is 0. The molecule has 0 aromatic heterocycles.